The third-order valence-electron chi connectivity index (χ3n) is 4.28. The highest BCUT2D eigenvalue weighted by molar-refractivity contribution is 7.14. The standard InChI is InChI=1S/C22H20N4O2S/c1-13-4-6-16(7-5-13)24-22-25-19(12-29-22)20-11-18(26-28-20)21(27)23-17-9-14(2)8-15(3)10-17/h4-12H,1-3H3,(H,23,27)(H,24,25). The van der Waals surface area contributed by atoms with Crippen molar-refractivity contribution in [3.8, 4) is 11.5 Å². The van der Waals surface area contributed by atoms with Crippen molar-refractivity contribution in [1.29, 1.82) is 0 Å². The van der Waals surface area contributed by atoms with Crippen LogP contribution in [0.1, 0.15) is 27.2 Å². The number of hydrogen-bond donors (Lipinski definition) is 2. The lowest BCUT2D eigenvalue weighted by molar-refractivity contribution is 0.101. The Morgan fingerprint density at radius 3 is 2.38 bits per heavy atom. The molecule has 0 saturated heterocycles. The van der Waals surface area contributed by atoms with Gasteiger partial charge in [-0.3, -0.25) is 4.79 Å². The summed E-state index contributed by atoms with van der Waals surface area (Å²) in [7, 11) is 0. The number of hydrogen-bond acceptors (Lipinski definition) is 6. The third-order valence-corrected chi connectivity index (χ3v) is 5.04. The number of anilines is 3. The van der Waals surface area contributed by atoms with E-state index in [1.54, 1.807) is 6.07 Å². The van der Waals surface area contributed by atoms with Gasteiger partial charge in [-0.25, -0.2) is 4.98 Å². The Morgan fingerprint density at radius 1 is 0.931 bits per heavy atom. The van der Waals surface area contributed by atoms with E-state index in [1.165, 1.54) is 16.9 Å². The van der Waals surface area contributed by atoms with Gasteiger partial charge in [0, 0.05) is 22.8 Å². The van der Waals surface area contributed by atoms with E-state index in [1.807, 2.05) is 68.6 Å². The average molecular weight is 404 g/mol. The predicted molar refractivity (Wildman–Crippen MR) is 116 cm³/mol. The summed E-state index contributed by atoms with van der Waals surface area (Å²) in [6, 6.07) is 15.5. The highest BCUT2D eigenvalue weighted by Gasteiger charge is 2.16. The number of thiazole rings is 1. The first-order valence-corrected chi connectivity index (χ1v) is 10.0. The van der Waals surface area contributed by atoms with Crippen molar-refractivity contribution in [3.05, 3.63) is 76.3 Å². The summed E-state index contributed by atoms with van der Waals surface area (Å²) >= 11 is 1.46. The summed E-state index contributed by atoms with van der Waals surface area (Å²) in [6.45, 7) is 6.02. The number of aromatic nitrogens is 2. The number of nitrogens with zero attached hydrogens (tertiary/aromatic N) is 2. The zero-order chi connectivity index (χ0) is 20.4. The van der Waals surface area contributed by atoms with E-state index < -0.39 is 0 Å². The van der Waals surface area contributed by atoms with Crippen molar-refractivity contribution in [2.75, 3.05) is 10.6 Å². The molecule has 0 spiro atoms. The van der Waals surface area contributed by atoms with Crippen molar-refractivity contribution in [2.24, 2.45) is 0 Å². The third kappa shape index (κ3) is 4.52. The number of carbonyl (C=O) groups is 1. The highest BCUT2D eigenvalue weighted by atomic mass is 32.1. The molecular weight excluding hydrogens is 384 g/mol. The molecule has 6 nitrogen and oxygen atoms in total. The molecule has 29 heavy (non-hydrogen) atoms. The Hall–Kier alpha value is -3.45. The van der Waals surface area contributed by atoms with Gasteiger partial charge in [-0.1, -0.05) is 28.9 Å². The molecule has 0 saturated carbocycles. The second-order valence-corrected chi connectivity index (χ2v) is 7.79. The fourth-order valence-corrected chi connectivity index (χ4v) is 3.67. The summed E-state index contributed by atoms with van der Waals surface area (Å²) in [4.78, 5) is 17.0. The molecule has 0 radical (unpaired) electrons. The van der Waals surface area contributed by atoms with Gasteiger partial charge < -0.3 is 15.2 Å². The molecule has 0 fully saturated rings. The number of rotatable bonds is 5. The zero-order valence-electron chi connectivity index (χ0n) is 16.3. The van der Waals surface area contributed by atoms with E-state index in [4.69, 9.17) is 4.52 Å². The molecule has 4 rings (SSSR count). The zero-order valence-corrected chi connectivity index (χ0v) is 17.1. The molecule has 146 valence electrons. The van der Waals surface area contributed by atoms with Crippen LogP contribution in [0.5, 0.6) is 0 Å². The molecular formula is C22H20N4O2S. The molecule has 0 atom stereocenters. The maximum absolute atomic E-state index is 12.5. The van der Waals surface area contributed by atoms with Gasteiger partial charge in [-0.05, 0) is 56.2 Å². The average Bonchev–Trinajstić information content (AvgIpc) is 3.32. The second kappa shape index (κ2) is 7.89. The monoisotopic (exact) mass is 404 g/mol. The summed E-state index contributed by atoms with van der Waals surface area (Å²) in [5.74, 6) is 0.127. The van der Waals surface area contributed by atoms with Gasteiger partial charge in [0.25, 0.3) is 5.91 Å². The predicted octanol–water partition coefficient (Wildman–Crippen LogP) is 5.72. The molecule has 2 aromatic carbocycles. The summed E-state index contributed by atoms with van der Waals surface area (Å²) < 4.78 is 5.34. The largest absolute Gasteiger partial charge is 0.354 e. The van der Waals surface area contributed by atoms with Gasteiger partial charge in [0.05, 0.1) is 0 Å². The maximum Gasteiger partial charge on any atom is 0.277 e. The van der Waals surface area contributed by atoms with E-state index in [9.17, 15) is 4.79 Å². The van der Waals surface area contributed by atoms with Crippen LogP contribution in [0.4, 0.5) is 16.5 Å². The fourth-order valence-electron chi connectivity index (χ4n) is 2.95. The van der Waals surface area contributed by atoms with Crippen LogP contribution in [0.3, 0.4) is 0 Å². The van der Waals surface area contributed by atoms with Gasteiger partial charge in [-0.2, -0.15) is 0 Å². The molecule has 1 amide bonds. The lowest BCUT2D eigenvalue weighted by Gasteiger charge is -2.05. The topological polar surface area (TPSA) is 80.0 Å². The number of carbonyl (C=O) groups excluding carboxylic acids is 1. The van der Waals surface area contributed by atoms with Gasteiger partial charge in [0.1, 0.15) is 5.69 Å². The van der Waals surface area contributed by atoms with E-state index in [0.717, 1.165) is 27.6 Å². The van der Waals surface area contributed by atoms with Crippen molar-refractivity contribution in [1.82, 2.24) is 10.1 Å². The van der Waals surface area contributed by atoms with Crippen LogP contribution in [0, 0.1) is 20.8 Å². The lowest BCUT2D eigenvalue weighted by Crippen LogP contribution is -2.12. The van der Waals surface area contributed by atoms with E-state index >= 15 is 0 Å². The van der Waals surface area contributed by atoms with Gasteiger partial charge in [0.15, 0.2) is 16.6 Å². The van der Waals surface area contributed by atoms with Crippen LogP contribution < -0.4 is 10.6 Å². The van der Waals surface area contributed by atoms with Gasteiger partial charge in [0.2, 0.25) is 0 Å². The van der Waals surface area contributed by atoms with E-state index in [0.29, 0.717) is 11.5 Å². The molecule has 0 aliphatic carbocycles. The molecule has 7 heteroatoms. The first-order chi connectivity index (χ1) is 14.0. The van der Waals surface area contributed by atoms with Crippen LogP contribution in [0.25, 0.3) is 11.5 Å². The van der Waals surface area contributed by atoms with Crippen LogP contribution in [-0.4, -0.2) is 16.0 Å². The molecule has 0 unspecified atom stereocenters. The Balaban J connectivity index is 1.46. The number of nitrogens with one attached hydrogen (secondary N) is 2. The van der Waals surface area contributed by atoms with Crippen LogP contribution in [0.2, 0.25) is 0 Å². The lowest BCUT2D eigenvalue weighted by atomic mass is 10.1. The van der Waals surface area contributed by atoms with Crippen LogP contribution >= 0.6 is 11.3 Å². The quantitative estimate of drug-likeness (QED) is 0.445. The van der Waals surface area contributed by atoms with Gasteiger partial charge >= 0.3 is 0 Å². The minimum atomic E-state index is -0.321. The number of benzene rings is 2. The fraction of sp³-hybridized carbons (Fsp3) is 0.136. The Bertz CT molecular complexity index is 1140. The van der Waals surface area contributed by atoms with Crippen LogP contribution in [0.15, 0.2) is 58.4 Å². The SMILES string of the molecule is Cc1ccc(Nc2nc(-c3cc(C(=O)Nc4cc(C)cc(C)c4)no3)cs2)cc1. The molecule has 0 aliphatic heterocycles. The van der Waals surface area contributed by atoms with Crippen molar-refractivity contribution in [3.63, 3.8) is 0 Å². The molecule has 0 bridgehead atoms. The summed E-state index contributed by atoms with van der Waals surface area (Å²) in [6.07, 6.45) is 0. The van der Waals surface area contributed by atoms with Crippen molar-refractivity contribution < 1.29 is 9.32 Å². The van der Waals surface area contributed by atoms with Crippen LogP contribution in [-0.2, 0) is 0 Å². The Kier molecular flexibility index (Phi) is 5.14. The Morgan fingerprint density at radius 2 is 1.66 bits per heavy atom. The smallest absolute Gasteiger partial charge is 0.277 e. The molecule has 2 heterocycles. The second-order valence-electron chi connectivity index (χ2n) is 6.94. The first-order valence-electron chi connectivity index (χ1n) is 9.12. The van der Waals surface area contributed by atoms with E-state index in [-0.39, 0.29) is 11.6 Å². The normalized spacial score (nSPS) is 10.7. The molecule has 2 N–H and O–H groups in total. The first kappa shape index (κ1) is 18.9. The number of amides is 1. The minimum absolute atomic E-state index is 0.209. The molecule has 0 aliphatic rings. The number of aryl methyl sites for hydroxylation is 3. The van der Waals surface area contributed by atoms with E-state index in [2.05, 4.69) is 20.8 Å². The van der Waals surface area contributed by atoms with Crippen molar-refractivity contribution >= 4 is 33.8 Å². The highest BCUT2D eigenvalue weighted by Crippen LogP contribution is 2.28. The Labute approximate surface area is 172 Å². The summed E-state index contributed by atoms with van der Waals surface area (Å²) in [5, 5.41) is 12.6. The summed E-state index contributed by atoms with van der Waals surface area (Å²) in [5.41, 5.74) is 5.89. The van der Waals surface area contributed by atoms with Gasteiger partial charge in [-0.15, -0.1) is 11.3 Å². The minimum Gasteiger partial charge on any atom is -0.354 e. The molecule has 2 aromatic heterocycles. The van der Waals surface area contributed by atoms with Crippen molar-refractivity contribution in [2.45, 2.75) is 20.8 Å². The maximum atomic E-state index is 12.5. The molecule has 4 aromatic rings.